The molecule has 2 nitrogen and oxygen atoms in total. The molecule has 0 saturated carbocycles. The zero-order valence-corrected chi connectivity index (χ0v) is 7.15. The minimum absolute atomic E-state index is 0.411. The van der Waals surface area contributed by atoms with Crippen LogP contribution in [0.15, 0.2) is 0 Å². The molecule has 1 unspecified atom stereocenters. The van der Waals surface area contributed by atoms with Crippen LogP contribution in [0, 0.1) is 0 Å². The highest BCUT2D eigenvalue weighted by Gasteiger charge is 2.22. The second kappa shape index (κ2) is 4.99. The molecule has 1 saturated heterocycles. The summed E-state index contributed by atoms with van der Waals surface area (Å²) in [6, 6.07) is 0. The summed E-state index contributed by atoms with van der Waals surface area (Å²) in [5.41, 5.74) is 0. The van der Waals surface area contributed by atoms with Crippen molar-refractivity contribution in [3.63, 3.8) is 0 Å². The minimum Gasteiger partial charge on any atom is -0.371 e. The first-order chi connectivity index (χ1) is 4.93. The molecule has 0 aromatic heterocycles. The lowest BCUT2D eigenvalue weighted by Crippen LogP contribution is -1.95. The Morgan fingerprint density at radius 2 is 2.50 bits per heavy atom. The fourth-order valence-corrected chi connectivity index (χ4v) is 1.32. The Morgan fingerprint density at radius 1 is 1.70 bits per heavy atom. The van der Waals surface area contributed by atoms with Crippen LogP contribution in [0.1, 0.15) is 19.8 Å². The monoisotopic (exact) mass is 162 g/mol. The van der Waals surface area contributed by atoms with Gasteiger partial charge in [0.1, 0.15) is 6.10 Å². The van der Waals surface area contributed by atoms with E-state index in [1.54, 1.807) is 12.0 Å². The molecule has 0 amide bonds. The van der Waals surface area contributed by atoms with Gasteiger partial charge in [0.15, 0.2) is 0 Å². The lowest BCUT2D eigenvalue weighted by Gasteiger charge is -1.97. The standard InChI is InChI=1S/C7H14O2S/c1-2-3-4-10-9-6-7-5-8-7/h7H,2-6H2,1H3. The van der Waals surface area contributed by atoms with Crippen molar-refractivity contribution in [2.45, 2.75) is 25.9 Å². The van der Waals surface area contributed by atoms with E-state index in [-0.39, 0.29) is 0 Å². The zero-order chi connectivity index (χ0) is 7.23. The van der Waals surface area contributed by atoms with E-state index in [1.165, 1.54) is 12.8 Å². The van der Waals surface area contributed by atoms with E-state index in [9.17, 15) is 0 Å². The van der Waals surface area contributed by atoms with E-state index in [0.29, 0.717) is 6.10 Å². The van der Waals surface area contributed by atoms with Gasteiger partial charge in [-0.15, -0.1) is 0 Å². The van der Waals surface area contributed by atoms with Crippen LogP contribution in [0.25, 0.3) is 0 Å². The van der Waals surface area contributed by atoms with Crippen molar-refractivity contribution in [1.29, 1.82) is 0 Å². The number of hydrogen-bond donors (Lipinski definition) is 0. The van der Waals surface area contributed by atoms with Crippen molar-refractivity contribution in [1.82, 2.24) is 0 Å². The molecule has 10 heavy (non-hydrogen) atoms. The highest BCUT2D eigenvalue weighted by Crippen LogP contribution is 2.13. The molecule has 0 N–H and O–H groups in total. The SMILES string of the molecule is CCCCSOCC1CO1. The van der Waals surface area contributed by atoms with Crippen LogP contribution >= 0.6 is 12.0 Å². The summed E-state index contributed by atoms with van der Waals surface area (Å²) in [5.74, 6) is 1.11. The Bertz CT molecular complexity index is 83.7. The summed E-state index contributed by atoms with van der Waals surface area (Å²) >= 11 is 1.57. The van der Waals surface area contributed by atoms with Gasteiger partial charge in [0, 0.05) is 5.75 Å². The van der Waals surface area contributed by atoms with Crippen molar-refractivity contribution >= 4 is 12.0 Å². The third-order valence-corrected chi connectivity index (χ3v) is 2.08. The molecule has 1 rings (SSSR count). The number of epoxide rings is 1. The first-order valence-electron chi connectivity index (χ1n) is 3.79. The van der Waals surface area contributed by atoms with E-state index >= 15 is 0 Å². The number of unbranched alkanes of at least 4 members (excludes halogenated alkanes) is 1. The van der Waals surface area contributed by atoms with Gasteiger partial charge in [0.25, 0.3) is 0 Å². The Balaban J connectivity index is 1.68. The molecule has 1 atom stereocenters. The van der Waals surface area contributed by atoms with Crippen LogP contribution < -0.4 is 0 Å². The molecular formula is C7H14O2S. The molecule has 1 heterocycles. The fourth-order valence-electron chi connectivity index (χ4n) is 0.550. The van der Waals surface area contributed by atoms with Gasteiger partial charge < -0.3 is 8.92 Å². The van der Waals surface area contributed by atoms with E-state index in [2.05, 4.69) is 6.92 Å². The summed E-state index contributed by atoms with van der Waals surface area (Å²) in [7, 11) is 0. The van der Waals surface area contributed by atoms with Gasteiger partial charge in [-0.2, -0.15) is 0 Å². The summed E-state index contributed by atoms with van der Waals surface area (Å²) in [6.45, 7) is 3.85. The van der Waals surface area contributed by atoms with Crippen LogP contribution in [0.4, 0.5) is 0 Å². The maximum atomic E-state index is 5.25. The van der Waals surface area contributed by atoms with Gasteiger partial charge >= 0.3 is 0 Å². The molecule has 0 spiro atoms. The van der Waals surface area contributed by atoms with Crippen molar-refractivity contribution < 1.29 is 8.92 Å². The molecule has 0 aliphatic carbocycles. The van der Waals surface area contributed by atoms with E-state index < -0.39 is 0 Å². The van der Waals surface area contributed by atoms with Crippen LogP contribution in [0.5, 0.6) is 0 Å². The third-order valence-electron chi connectivity index (χ3n) is 1.32. The van der Waals surface area contributed by atoms with Crippen LogP contribution in [-0.2, 0) is 8.92 Å². The fraction of sp³-hybridized carbons (Fsp3) is 1.00. The first-order valence-corrected chi connectivity index (χ1v) is 4.70. The van der Waals surface area contributed by atoms with Crippen molar-refractivity contribution in [2.24, 2.45) is 0 Å². The average Bonchev–Trinajstić information content (AvgIpc) is 2.71. The van der Waals surface area contributed by atoms with Crippen molar-refractivity contribution in [3.8, 4) is 0 Å². The highest BCUT2D eigenvalue weighted by atomic mass is 32.2. The van der Waals surface area contributed by atoms with Crippen molar-refractivity contribution in [2.75, 3.05) is 19.0 Å². The molecule has 0 aromatic rings. The van der Waals surface area contributed by atoms with Gasteiger partial charge in [-0.3, -0.25) is 0 Å². The normalized spacial score (nSPS) is 23.1. The van der Waals surface area contributed by atoms with E-state index in [1.807, 2.05) is 0 Å². The first kappa shape index (κ1) is 8.37. The molecule has 1 fully saturated rings. The van der Waals surface area contributed by atoms with Gasteiger partial charge in [-0.05, 0) is 18.5 Å². The summed E-state index contributed by atoms with van der Waals surface area (Å²) in [4.78, 5) is 0. The molecule has 1 aliphatic rings. The maximum Gasteiger partial charge on any atom is 0.105 e. The van der Waals surface area contributed by atoms with Crippen LogP contribution in [0.3, 0.4) is 0 Å². The van der Waals surface area contributed by atoms with Crippen molar-refractivity contribution in [3.05, 3.63) is 0 Å². The Morgan fingerprint density at radius 3 is 3.10 bits per heavy atom. The summed E-state index contributed by atoms with van der Waals surface area (Å²) in [5, 5.41) is 0. The molecule has 0 aromatic carbocycles. The van der Waals surface area contributed by atoms with Crippen LogP contribution in [-0.4, -0.2) is 25.1 Å². The van der Waals surface area contributed by atoms with Gasteiger partial charge in [-0.25, -0.2) is 0 Å². The Labute approximate surface area is 66.5 Å². The molecule has 60 valence electrons. The average molecular weight is 162 g/mol. The number of rotatable bonds is 6. The molecule has 1 aliphatic heterocycles. The van der Waals surface area contributed by atoms with Gasteiger partial charge in [0.05, 0.1) is 13.2 Å². The predicted octanol–water partition coefficient (Wildman–Crippen LogP) is 1.85. The van der Waals surface area contributed by atoms with Crippen LogP contribution in [0.2, 0.25) is 0 Å². The second-order valence-corrected chi connectivity index (χ2v) is 3.30. The van der Waals surface area contributed by atoms with Gasteiger partial charge in [-0.1, -0.05) is 13.3 Å². The lowest BCUT2D eigenvalue weighted by atomic mass is 10.4. The quantitative estimate of drug-likeness (QED) is 0.338. The Kier molecular flexibility index (Phi) is 4.18. The molecule has 0 bridgehead atoms. The zero-order valence-electron chi connectivity index (χ0n) is 6.34. The lowest BCUT2D eigenvalue weighted by molar-refractivity contribution is 0.295. The predicted molar refractivity (Wildman–Crippen MR) is 43.1 cm³/mol. The number of hydrogen-bond acceptors (Lipinski definition) is 3. The van der Waals surface area contributed by atoms with Gasteiger partial charge in [0.2, 0.25) is 0 Å². The molecule has 0 radical (unpaired) electrons. The topological polar surface area (TPSA) is 21.8 Å². The third kappa shape index (κ3) is 4.14. The van der Waals surface area contributed by atoms with E-state index in [4.69, 9.17) is 8.92 Å². The number of ether oxygens (including phenoxy) is 1. The second-order valence-electron chi connectivity index (χ2n) is 2.42. The highest BCUT2D eigenvalue weighted by molar-refractivity contribution is 7.94. The molecular weight excluding hydrogens is 148 g/mol. The minimum atomic E-state index is 0.411. The Hall–Kier alpha value is 0.270. The summed E-state index contributed by atoms with van der Waals surface area (Å²) < 4.78 is 10.2. The largest absolute Gasteiger partial charge is 0.371 e. The summed E-state index contributed by atoms with van der Waals surface area (Å²) in [6.07, 6.45) is 2.90. The van der Waals surface area contributed by atoms with E-state index in [0.717, 1.165) is 19.0 Å². The maximum absolute atomic E-state index is 5.25. The smallest absolute Gasteiger partial charge is 0.105 e. The molecule has 3 heteroatoms.